The van der Waals surface area contributed by atoms with Gasteiger partial charge in [-0.3, -0.25) is 10.8 Å². The minimum absolute atomic E-state index is 0.225. The summed E-state index contributed by atoms with van der Waals surface area (Å²) in [5.74, 6) is 5.69. The molecule has 3 rings (SSSR count). The van der Waals surface area contributed by atoms with Gasteiger partial charge >= 0.3 is 0 Å². The fraction of sp³-hybridized carbons (Fsp3) is 0.0714. The van der Waals surface area contributed by atoms with Crippen molar-refractivity contribution in [2.24, 2.45) is 5.84 Å². The average molecular weight is 274 g/mol. The summed E-state index contributed by atoms with van der Waals surface area (Å²) in [6.07, 6.45) is 5.13. The number of furan rings is 1. The predicted octanol–water partition coefficient (Wildman–Crippen LogP) is 3.03. The summed E-state index contributed by atoms with van der Waals surface area (Å²) in [4.78, 5) is 4.12. The SMILES string of the molecule is NNC(c1ccoc1Cl)c1cccc2cnccc12. The van der Waals surface area contributed by atoms with Crippen LogP contribution in [-0.4, -0.2) is 4.98 Å². The lowest BCUT2D eigenvalue weighted by molar-refractivity contribution is 0.556. The maximum Gasteiger partial charge on any atom is 0.198 e. The van der Waals surface area contributed by atoms with Crippen LogP contribution in [0, 0.1) is 0 Å². The highest BCUT2D eigenvalue weighted by molar-refractivity contribution is 6.29. The van der Waals surface area contributed by atoms with Crippen LogP contribution in [0.15, 0.2) is 53.4 Å². The Balaban J connectivity index is 2.20. The Labute approximate surface area is 115 Å². The number of rotatable bonds is 3. The Bertz CT molecular complexity index is 705. The van der Waals surface area contributed by atoms with Crippen molar-refractivity contribution in [1.82, 2.24) is 10.4 Å². The van der Waals surface area contributed by atoms with E-state index < -0.39 is 0 Å². The number of hydrazine groups is 1. The van der Waals surface area contributed by atoms with Crippen LogP contribution in [0.1, 0.15) is 17.2 Å². The van der Waals surface area contributed by atoms with Gasteiger partial charge in [0.2, 0.25) is 0 Å². The lowest BCUT2D eigenvalue weighted by Crippen LogP contribution is -2.28. The summed E-state index contributed by atoms with van der Waals surface area (Å²) in [5, 5.41) is 2.48. The van der Waals surface area contributed by atoms with Crippen molar-refractivity contribution >= 4 is 22.4 Å². The first-order valence-electron chi connectivity index (χ1n) is 5.83. The van der Waals surface area contributed by atoms with E-state index >= 15 is 0 Å². The summed E-state index contributed by atoms with van der Waals surface area (Å²) >= 11 is 6.04. The Hall–Kier alpha value is -1.88. The highest BCUT2D eigenvalue weighted by Crippen LogP contribution is 2.32. The molecule has 2 heterocycles. The molecule has 0 bridgehead atoms. The third kappa shape index (κ3) is 2.10. The van der Waals surface area contributed by atoms with Crippen molar-refractivity contribution in [2.45, 2.75) is 6.04 Å². The zero-order valence-corrected chi connectivity index (χ0v) is 10.8. The molecule has 1 atom stereocenters. The number of hydrogen-bond donors (Lipinski definition) is 2. The van der Waals surface area contributed by atoms with Crippen LogP contribution in [0.3, 0.4) is 0 Å². The number of pyridine rings is 1. The first-order valence-corrected chi connectivity index (χ1v) is 6.20. The predicted molar refractivity (Wildman–Crippen MR) is 74.6 cm³/mol. The molecular weight excluding hydrogens is 262 g/mol. The van der Waals surface area contributed by atoms with Gasteiger partial charge in [-0.05, 0) is 34.7 Å². The summed E-state index contributed by atoms with van der Waals surface area (Å²) in [7, 11) is 0. The van der Waals surface area contributed by atoms with Crippen molar-refractivity contribution in [2.75, 3.05) is 0 Å². The van der Waals surface area contributed by atoms with Gasteiger partial charge in [-0.2, -0.15) is 0 Å². The first kappa shape index (κ1) is 12.2. The molecule has 0 fully saturated rings. The summed E-state index contributed by atoms with van der Waals surface area (Å²) < 4.78 is 5.14. The van der Waals surface area contributed by atoms with E-state index in [0.717, 1.165) is 21.9 Å². The Morgan fingerprint density at radius 2 is 2.11 bits per heavy atom. The van der Waals surface area contributed by atoms with Gasteiger partial charge in [0.15, 0.2) is 5.22 Å². The highest BCUT2D eigenvalue weighted by atomic mass is 35.5. The second kappa shape index (κ2) is 5.01. The largest absolute Gasteiger partial charge is 0.453 e. The van der Waals surface area contributed by atoms with Crippen molar-refractivity contribution in [3.63, 3.8) is 0 Å². The second-order valence-corrected chi connectivity index (χ2v) is 4.54. The quantitative estimate of drug-likeness (QED) is 0.569. The van der Waals surface area contributed by atoms with Gasteiger partial charge in [0.1, 0.15) is 0 Å². The van der Waals surface area contributed by atoms with E-state index in [1.54, 1.807) is 12.5 Å². The third-order valence-electron chi connectivity index (χ3n) is 3.15. The van der Waals surface area contributed by atoms with Gasteiger partial charge in [-0.1, -0.05) is 18.2 Å². The van der Waals surface area contributed by atoms with Gasteiger partial charge in [0.05, 0.1) is 12.3 Å². The fourth-order valence-corrected chi connectivity index (χ4v) is 2.48. The molecule has 0 radical (unpaired) electrons. The normalized spacial score (nSPS) is 12.7. The van der Waals surface area contributed by atoms with Crippen molar-refractivity contribution in [3.8, 4) is 0 Å². The minimum Gasteiger partial charge on any atom is -0.453 e. The maximum atomic E-state index is 6.04. The average Bonchev–Trinajstić information content (AvgIpc) is 2.86. The second-order valence-electron chi connectivity index (χ2n) is 4.19. The topological polar surface area (TPSA) is 64.1 Å². The smallest absolute Gasteiger partial charge is 0.198 e. The molecular formula is C14H12ClN3O. The molecule has 2 aromatic heterocycles. The Kier molecular flexibility index (Phi) is 3.21. The van der Waals surface area contributed by atoms with Crippen molar-refractivity contribution < 1.29 is 4.42 Å². The highest BCUT2D eigenvalue weighted by Gasteiger charge is 2.19. The third-order valence-corrected chi connectivity index (χ3v) is 3.46. The van der Waals surface area contributed by atoms with Gasteiger partial charge in [-0.25, -0.2) is 5.43 Å². The van der Waals surface area contributed by atoms with Crippen LogP contribution in [0.2, 0.25) is 5.22 Å². The van der Waals surface area contributed by atoms with E-state index in [1.807, 2.05) is 36.5 Å². The number of benzene rings is 1. The fourth-order valence-electron chi connectivity index (χ4n) is 2.26. The molecule has 0 aliphatic carbocycles. The van der Waals surface area contributed by atoms with E-state index in [1.165, 1.54) is 0 Å². The molecule has 0 aliphatic heterocycles. The van der Waals surface area contributed by atoms with E-state index in [2.05, 4.69) is 10.4 Å². The van der Waals surface area contributed by atoms with Crippen molar-refractivity contribution in [3.05, 3.63) is 65.3 Å². The maximum absolute atomic E-state index is 6.04. The number of nitrogens with two attached hydrogens (primary N) is 1. The van der Waals surface area contributed by atoms with Gasteiger partial charge in [0.25, 0.3) is 0 Å². The molecule has 0 aliphatic rings. The Morgan fingerprint density at radius 1 is 1.21 bits per heavy atom. The molecule has 0 spiro atoms. The van der Waals surface area contributed by atoms with E-state index in [0.29, 0.717) is 5.22 Å². The van der Waals surface area contributed by atoms with Crippen LogP contribution in [0.25, 0.3) is 10.8 Å². The molecule has 1 unspecified atom stereocenters. The number of fused-ring (bicyclic) bond motifs is 1. The standard InChI is InChI=1S/C14H12ClN3O/c15-14-12(5-7-19-14)13(18-16)11-3-1-2-9-8-17-6-4-10(9)11/h1-8,13,18H,16H2. The molecule has 3 aromatic rings. The lowest BCUT2D eigenvalue weighted by atomic mass is 9.96. The molecule has 96 valence electrons. The number of nitrogens with one attached hydrogen (secondary N) is 1. The van der Waals surface area contributed by atoms with Crippen LogP contribution in [0.5, 0.6) is 0 Å². The monoisotopic (exact) mass is 273 g/mol. The van der Waals surface area contributed by atoms with E-state index in [-0.39, 0.29) is 6.04 Å². The van der Waals surface area contributed by atoms with Crippen LogP contribution in [0.4, 0.5) is 0 Å². The summed E-state index contributed by atoms with van der Waals surface area (Å²) in [6, 6.07) is 9.54. The van der Waals surface area contributed by atoms with Crippen LogP contribution in [-0.2, 0) is 0 Å². The first-order chi connectivity index (χ1) is 9.31. The zero-order chi connectivity index (χ0) is 13.2. The number of aromatic nitrogens is 1. The molecule has 0 saturated carbocycles. The molecule has 3 N–H and O–H groups in total. The molecule has 5 heteroatoms. The number of halogens is 1. The van der Waals surface area contributed by atoms with Gasteiger partial charge in [-0.15, -0.1) is 0 Å². The molecule has 4 nitrogen and oxygen atoms in total. The molecule has 19 heavy (non-hydrogen) atoms. The molecule has 1 aromatic carbocycles. The summed E-state index contributed by atoms with van der Waals surface area (Å²) in [6.45, 7) is 0. The summed E-state index contributed by atoms with van der Waals surface area (Å²) in [5.41, 5.74) is 4.64. The zero-order valence-electron chi connectivity index (χ0n) is 10.0. The number of hydrogen-bond acceptors (Lipinski definition) is 4. The van der Waals surface area contributed by atoms with Crippen LogP contribution >= 0.6 is 11.6 Å². The molecule has 0 amide bonds. The van der Waals surface area contributed by atoms with E-state index in [9.17, 15) is 0 Å². The van der Waals surface area contributed by atoms with Crippen LogP contribution < -0.4 is 11.3 Å². The molecule has 0 saturated heterocycles. The van der Waals surface area contributed by atoms with E-state index in [4.69, 9.17) is 21.9 Å². The minimum atomic E-state index is -0.225. The van der Waals surface area contributed by atoms with Crippen molar-refractivity contribution in [1.29, 1.82) is 0 Å². The van der Waals surface area contributed by atoms with Gasteiger partial charge in [0, 0.05) is 23.3 Å². The number of nitrogens with zero attached hydrogens (tertiary/aromatic N) is 1. The lowest BCUT2D eigenvalue weighted by Gasteiger charge is -2.17. The van der Waals surface area contributed by atoms with Gasteiger partial charge < -0.3 is 4.42 Å². The Morgan fingerprint density at radius 3 is 2.84 bits per heavy atom.